The molecule has 0 aliphatic carbocycles. The largest absolute Gasteiger partial charge is 0.504 e. The van der Waals surface area contributed by atoms with Gasteiger partial charge in [-0.15, -0.1) is 0 Å². The van der Waals surface area contributed by atoms with Crippen LogP contribution in [0.2, 0.25) is 0 Å². The number of carboxylic acid groups (broad SMARTS) is 1. The highest BCUT2D eigenvalue weighted by Crippen LogP contribution is 2.45. The SMILES string of the molecule is Cn1nc(C(=O)O)cc1-c1ccc2c(c1O)OCO2. The number of aromatic carboxylic acids is 1. The van der Waals surface area contributed by atoms with Gasteiger partial charge in [0.15, 0.2) is 17.2 Å². The number of hydrogen-bond acceptors (Lipinski definition) is 5. The van der Waals surface area contributed by atoms with Crippen molar-refractivity contribution in [2.24, 2.45) is 7.05 Å². The number of phenolic OH excluding ortho intramolecular Hbond substituents is 1. The van der Waals surface area contributed by atoms with Gasteiger partial charge in [-0.1, -0.05) is 0 Å². The van der Waals surface area contributed by atoms with E-state index in [2.05, 4.69) is 5.10 Å². The number of carboxylic acids is 1. The molecule has 1 aromatic carbocycles. The summed E-state index contributed by atoms with van der Waals surface area (Å²) in [5.74, 6) is -0.491. The summed E-state index contributed by atoms with van der Waals surface area (Å²) in [6.45, 7) is 0.0537. The highest BCUT2D eigenvalue weighted by molar-refractivity contribution is 5.87. The number of aryl methyl sites for hydroxylation is 1. The molecule has 7 nitrogen and oxygen atoms in total. The van der Waals surface area contributed by atoms with Gasteiger partial charge in [0.2, 0.25) is 12.5 Å². The molecule has 2 heterocycles. The molecule has 1 aromatic heterocycles. The van der Waals surface area contributed by atoms with E-state index >= 15 is 0 Å². The lowest BCUT2D eigenvalue weighted by molar-refractivity contribution is 0.0689. The molecule has 0 spiro atoms. The standard InChI is InChI=1S/C12H10N2O5/c1-14-8(4-7(13-14)12(16)17)6-2-3-9-11(10(6)15)19-5-18-9/h2-4,15H,5H2,1H3,(H,16,17). The average molecular weight is 262 g/mol. The van der Waals surface area contributed by atoms with Gasteiger partial charge in [-0.25, -0.2) is 4.79 Å². The fourth-order valence-corrected chi connectivity index (χ4v) is 1.99. The van der Waals surface area contributed by atoms with E-state index in [9.17, 15) is 9.90 Å². The number of fused-ring (bicyclic) bond motifs is 1. The van der Waals surface area contributed by atoms with Crippen molar-refractivity contribution in [2.75, 3.05) is 6.79 Å². The molecule has 19 heavy (non-hydrogen) atoms. The summed E-state index contributed by atoms with van der Waals surface area (Å²) in [7, 11) is 1.60. The molecule has 3 rings (SSSR count). The maximum Gasteiger partial charge on any atom is 0.356 e. The minimum Gasteiger partial charge on any atom is -0.504 e. The van der Waals surface area contributed by atoms with E-state index in [1.165, 1.54) is 10.7 Å². The van der Waals surface area contributed by atoms with Gasteiger partial charge >= 0.3 is 5.97 Å². The number of aromatic nitrogens is 2. The summed E-state index contributed by atoms with van der Waals surface area (Å²) < 4.78 is 11.7. The third kappa shape index (κ3) is 1.67. The lowest BCUT2D eigenvalue weighted by atomic mass is 10.1. The van der Waals surface area contributed by atoms with Gasteiger partial charge < -0.3 is 19.7 Å². The quantitative estimate of drug-likeness (QED) is 0.845. The van der Waals surface area contributed by atoms with Crippen molar-refractivity contribution in [3.05, 3.63) is 23.9 Å². The predicted molar refractivity (Wildman–Crippen MR) is 63.4 cm³/mol. The molecule has 0 radical (unpaired) electrons. The topological polar surface area (TPSA) is 93.8 Å². The van der Waals surface area contributed by atoms with Gasteiger partial charge in [-0.2, -0.15) is 5.10 Å². The summed E-state index contributed by atoms with van der Waals surface area (Å²) in [5.41, 5.74) is 0.828. The van der Waals surface area contributed by atoms with Crippen molar-refractivity contribution in [3.8, 4) is 28.5 Å². The maximum atomic E-state index is 10.9. The van der Waals surface area contributed by atoms with Crippen molar-refractivity contribution >= 4 is 5.97 Å². The summed E-state index contributed by atoms with van der Waals surface area (Å²) in [6.07, 6.45) is 0. The van der Waals surface area contributed by atoms with Crippen LogP contribution in [-0.2, 0) is 7.05 Å². The van der Waals surface area contributed by atoms with E-state index in [1.807, 2.05) is 0 Å². The second kappa shape index (κ2) is 3.91. The first-order valence-electron chi connectivity index (χ1n) is 5.47. The summed E-state index contributed by atoms with van der Waals surface area (Å²) in [5, 5.41) is 22.9. The molecule has 1 aliphatic heterocycles. The van der Waals surface area contributed by atoms with Crippen LogP contribution in [0.25, 0.3) is 11.3 Å². The lowest BCUT2D eigenvalue weighted by Gasteiger charge is -2.07. The first kappa shape index (κ1) is 11.4. The monoisotopic (exact) mass is 262 g/mol. The Morgan fingerprint density at radius 1 is 1.42 bits per heavy atom. The van der Waals surface area contributed by atoms with E-state index in [-0.39, 0.29) is 24.0 Å². The van der Waals surface area contributed by atoms with Gasteiger partial charge in [-0.05, 0) is 18.2 Å². The Hall–Kier alpha value is -2.70. The molecular formula is C12H10N2O5. The Balaban J connectivity index is 2.15. The van der Waals surface area contributed by atoms with Crippen LogP contribution in [0.15, 0.2) is 18.2 Å². The van der Waals surface area contributed by atoms with E-state index in [0.29, 0.717) is 17.0 Å². The Labute approximate surface area is 107 Å². The molecule has 1 aliphatic rings. The molecule has 0 amide bonds. The minimum absolute atomic E-state index is 0.0537. The molecule has 2 aromatic rings. The van der Waals surface area contributed by atoms with Crippen LogP contribution < -0.4 is 9.47 Å². The zero-order valence-electron chi connectivity index (χ0n) is 9.95. The molecule has 7 heteroatoms. The zero-order chi connectivity index (χ0) is 13.6. The lowest BCUT2D eigenvalue weighted by Crippen LogP contribution is -1.99. The highest BCUT2D eigenvalue weighted by atomic mass is 16.7. The molecular weight excluding hydrogens is 252 g/mol. The van der Waals surface area contributed by atoms with Crippen LogP contribution in [0.4, 0.5) is 0 Å². The maximum absolute atomic E-state index is 10.9. The van der Waals surface area contributed by atoms with E-state index in [4.69, 9.17) is 14.6 Å². The average Bonchev–Trinajstić information content (AvgIpc) is 2.97. The van der Waals surface area contributed by atoms with Gasteiger partial charge in [0, 0.05) is 12.6 Å². The van der Waals surface area contributed by atoms with Crippen molar-refractivity contribution in [1.82, 2.24) is 9.78 Å². The van der Waals surface area contributed by atoms with Gasteiger partial charge in [0.05, 0.1) is 5.69 Å². The number of benzene rings is 1. The Bertz CT molecular complexity index is 677. The van der Waals surface area contributed by atoms with Crippen LogP contribution in [-0.4, -0.2) is 32.8 Å². The highest BCUT2D eigenvalue weighted by Gasteiger charge is 2.23. The number of ether oxygens (including phenoxy) is 2. The van der Waals surface area contributed by atoms with E-state index in [1.54, 1.807) is 19.2 Å². The molecule has 0 atom stereocenters. The fourth-order valence-electron chi connectivity index (χ4n) is 1.99. The molecule has 2 N–H and O–H groups in total. The van der Waals surface area contributed by atoms with Crippen LogP contribution in [0.3, 0.4) is 0 Å². The normalized spacial score (nSPS) is 12.7. The summed E-state index contributed by atoms with van der Waals surface area (Å²) in [4.78, 5) is 10.9. The Morgan fingerprint density at radius 3 is 2.89 bits per heavy atom. The molecule has 0 saturated carbocycles. The number of phenols is 1. The predicted octanol–water partition coefficient (Wildman–Crippen LogP) is 1.22. The minimum atomic E-state index is -1.12. The molecule has 0 bridgehead atoms. The smallest absolute Gasteiger partial charge is 0.356 e. The second-order valence-electron chi connectivity index (χ2n) is 4.04. The number of hydrogen-bond donors (Lipinski definition) is 2. The number of aromatic hydroxyl groups is 1. The molecule has 0 unspecified atom stereocenters. The third-order valence-electron chi connectivity index (χ3n) is 2.89. The Morgan fingerprint density at radius 2 is 2.21 bits per heavy atom. The zero-order valence-corrected chi connectivity index (χ0v) is 9.95. The first-order chi connectivity index (χ1) is 9.08. The third-order valence-corrected chi connectivity index (χ3v) is 2.89. The van der Waals surface area contributed by atoms with Crippen LogP contribution in [0.5, 0.6) is 17.2 Å². The number of rotatable bonds is 2. The van der Waals surface area contributed by atoms with Crippen LogP contribution in [0, 0.1) is 0 Å². The van der Waals surface area contributed by atoms with E-state index < -0.39 is 5.97 Å². The summed E-state index contributed by atoms with van der Waals surface area (Å²) in [6, 6.07) is 4.68. The summed E-state index contributed by atoms with van der Waals surface area (Å²) >= 11 is 0. The molecule has 0 fully saturated rings. The van der Waals surface area contributed by atoms with Crippen molar-refractivity contribution in [3.63, 3.8) is 0 Å². The molecule has 0 saturated heterocycles. The van der Waals surface area contributed by atoms with Gasteiger partial charge in [0.1, 0.15) is 0 Å². The van der Waals surface area contributed by atoms with Crippen LogP contribution in [0.1, 0.15) is 10.5 Å². The number of carbonyl (C=O) groups is 1. The fraction of sp³-hybridized carbons (Fsp3) is 0.167. The van der Waals surface area contributed by atoms with Gasteiger partial charge in [-0.3, -0.25) is 4.68 Å². The Kier molecular flexibility index (Phi) is 2.34. The van der Waals surface area contributed by atoms with E-state index in [0.717, 1.165) is 0 Å². The molecule has 98 valence electrons. The first-order valence-corrected chi connectivity index (χ1v) is 5.47. The van der Waals surface area contributed by atoms with Crippen LogP contribution >= 0.6 is 0 Å². The van der Waals surface area contributed by atoms with Crippen molar-refractivity contribution in [2.45, 2.75) is 0 Å². The second-order valence-corrected chi connectivity index (χ2v) is 4.04. The van der Waals surface area contributed by atoms with Crippen molar-refractivity contribution in [1.29, 1.82) is 0 Å². The number of nitrogens with zero attached hydrogens (tertiary/aromatic N) is 2. The van der Waals surface area contributed by atoms with Crippen molar-refractivity contribution < 1.29 is 24.5 Å². The van der Waals surface area contributed by atoms with Gasteiger partial charge in [0.25, 0.3) is 0 Å².